The minimum Gasteiger partial charge on any atom is -0.372 e. The topological polar surface area (TPSA) is 165 Å². The number of likely N-dealkylation sites (tertiary alicyclic amines) is 2. The van der Waals surface area contributed by atoms with Crippen LogP contribution >= 0.6 is 0 Å². The number of hydrogen-bond donors (Lipinski definition) is 3. The first-order chi connectivity index (χ1) is 18.2. The van der Waals surface area contributed by atoms with Crippen molar-refractivity contribution >= 4 is 29.8 Å². The zero-order chi connectivity index (χ0) is 28.1. The number of hydrogen-bond acceptors (Lipinski definition) is 6. The van der Waals surface area contributed by atoms with Crippen molar-refractivity contribution < 1.29 is 19.2 Å². The zero-order valence-corrected chi connectivity index (χ0v) is 22.2. The fourth-order valence-corrected chi connectivity index (χ4v) is 4.32. The smallest absolute Gasteiger partial charge is 0.246 e. The molecule has 11 heteroatoms. The van der Waals surface area contributed by atoms with Gasteiger partial charge in [-0.1, -0.05) is 39.0 Å². The highest BCUT2D eigenvalue weighted by Gasteiger charge is 2.44. The van der Waals surface area contributed by atoms with E-state index in [-0.39, 0.29) is 43.5 Å². The second-order valence-electron chi connectivity index (χ2n) is 9.82. The Morgan fingerprint density at radius 3 is 2.47 bits per heavy atom. The molecule has 2 aliphatic rings. The molecular weight excluding hydrogens is 486 g/mol. The fourth-order valence-electron chi connectivity index (χ4n) is 4.32. The number of nitrogens with zero attached hydrogens (tertiary/aromatic N) is 4. The average molecular weight is 524 g/mol. The molecule has 3 heterocycles. The lowest BCUT2D eigenvalue weighted by Gasteiger charge is -2.29. The molecule has 2 aliphatic heterocycles. The molecule has 0 spiro atoms. The van der Waals surface area contributed by atoms with Crippen molar-refractivity contribution in [3.05, 3.63) is 48.3 Å². The Balaban J connectivity index is 0.000000650. The summed E-state index contributed by atoms with van der Waals surface area (Å²) in [6.45, 7) is 7.19. The third kappa shape index (κ3) is 8.73. The highest BCUT2D eigenvalue weighted by Crippen LogP contribution is 2.29. The summed E-state index contributed by atoms with van der Waals surface area (Å²) in [5.74, 6) is -0.228. The predicted molar refractivity (Wildman–Crippen MR) is 142 cm³/mol. The molecule has 0 bridgehead atoms. The van der Waals surface area contributed by atoms with Crippen LogP contribution in [-0.2, 0) is 25.6 Å². The van der Waals surface area contributed by atoms with Crippen LogP contribution in [0.5, 0.6) is 0 Å². The fraction of sp³-hybridized carbons (Fsp3) is 0.481. The van der Waals surface area contributed by atoms with Gasteiger partial charge >= 0.3 is 0 Å². The number of amides is 4. The molecule has 2 aromatic rings. The van der Waals surface area contributed by atoms with Crippen LogP contribution in [0.4, 0.5) is 5.69 Å². The van der Waals surface area contributed by atoms with Crippen molar-refractivity contribution in [1.29, 1.82) is 5.26 Å². The van der Waals surface area contributed by atoms with Gasteiger partial charge in [-0.05, 0) is 42.9 Å². The number of anilines is 1. The van der Waals surface area contributed by atoms with Crippen LogP contribution in [0.1, 0.15) is 45.6 Å². The van der Waals surface area contributed by atoms with Crippen molar-refractivity contribution in [1.82, 2.24) is 20.0 Å². The molecule has 204 valence electrons. The Morgan fingerprint density at radius 2 is 1.89 bits per heavy atom. The number of aromatic amines is 1. The first-order valence-corrected chi connectivity index (χ1v) is 12.7. The molecule has 2 fully saturated rings. The number of nitriles is 1. The summed E-state index contributed by atoms with van der Waals surface area (Å²) in [5.41, 5.74) is 5.61. The van der Waals surface area contributed by atoms with E-state index in [1.54, 1.807) is 29.4 Å². The Labute approximate surface area is 223 Å². The average Bonchev–Trinajstić information content (AvgIpc) is 3.65. The van der Waals surface area contributed by atoms with Gasteiger partial charge in [0.25, 0.3) is 0 Å². The molecule has 1 aromatic heterocycles. The Bertz CT molecular complexity index is 1080. The quantitative estimate of drug-likeness (QED) is 0.508. The molecule has 0 saturated carbocycles. The Morgan fingerprint density at radius 1 is 1.24 bits per heavy atom. The minimum atomic E-state index is -0.676. The maximum absolute atomic E-state index is 13.3. The van der Waals surface area contributed by atoms with E-state index in [2.05, 4.69) is 48.1 Å². The van der Waals surface area contributed by atoms with Crippen LogP contribution < -0.4 is 11.1 Å². The number of rotatable bonds is 5. The van der Waals surface area contributed by atoms with Gasteiger partial charge in [-0.15, -0.1) is 0 Å². The Kier molecular flexibility index (Phi) is 12.0. The maximum atomic E-state index is 13.3. The summed E-state index contributed by atoms with van der Waals surface area (Å²) in [4.78, 5) is 50.4. The molecule has 0 aliphatic carbocycles. The summed E-state index contributed by atoms with van der Waals surface area (Å²) in [5, 5.41) is 19.0. The first kappa shape index (κ1) is 30.0. The van der Waals surface area contributed by atoms with Gasteiger partial charge in [0.1, 0.15) is 12.1 Å². The largest absolute Gasteiger partial charge is 0.372 e. The molecule has 3 unspecified atom stereocenters. The van der Waals surface area contributed by atoms with Gasteiger partial charge < -0.3 is 20.9 Å². The number of primary amides is 1. The number of aromatic nitrogens is 2. The van der Waals surface area contributed by atoms with Gasteiger partial charge in [0.15, 0.2) is 0 Å². The van der Waals surface area contributed by atoms with Crippen LogP contribution in [0.2, 0.25) is 0 Å². The minimum absolute atomic E-state index is 0.136. The van der Waals surface area contributed by atoms with Gasteiger partial charge in [-0.3, -0.25) is 24.3 Å². The maximum Gasteiger partial charge on any atom is 0.246 e. The lowest BCUT2D eigenvalue weighted by Crippen LogP contribution is -2.49. The molecule has 1 aromatic carbocycles. The van der Waals surface area contributed by atoms with Crippen LogP contribution in [0.3, 0.4) is 0 Å². The van der Waals surface area contributed by atoms with E-state index in [4.69, 9.17) is 4.79 Å². The van der Waals surface area contributed by atoms with E-state index in [1.165, 1.54) is 4.90 Å². The van der Waals surface area contributed by atoms with Gasteiger partial charge in [0.05, 0.1) is 24.6 Å². The van der Waals surface area contributed by atoms with E-state index >= 15 is 0 Å². The summed E-state index contributed by atoms with van der Waals surface area (Å²) in [6.07, 6.45) is 5.25. The van der Waals surface area contributed by atoms with E-state index in [0.717, 1.165) is 17.9 Å². The molecule has 0 radical (unpaired) electrons. The van der Waals surface area contributed by atoms with Gasteiger partial charge in [0, 0.05) is 25.0 Å². The van der Waals surface area contributed by atoms with Crippen LogP contribution in [0, 0.1) is 23.2 Å². The molecule has 4 N–H and O–H groups in total. The Hall–Kier alpha value is -4.20. The van der Waals surface area contributed by atoms with Crippen molar-refractivity contribution in [2.24, 2.45) is 17.6 Å². The van der Waals surface area contributed by atoms with Gasteiger partial charge in [0.2, 0.25) is 24.1 Å². The van der Waals surface area contributed by atoms with Crippen molar-refractivity contribution in [3.63, 3.8) is 0 Å². The standard InChI is InChI=1S/C22H24N6O3.C4H10.CH3NO/c23-11-18-10-16(21(30)26-17-5-2-1-3-6-17)14-28(18)22(31)19-7-4-8-27(19)20(29)9-15-12-24-25-13-15;1-4(2)3;2-1-3/h1-3,5-6,12-13,16,18-19H,4,7-10,14H2,(H,24,25)(H,26,30);4H,1-3H3;1H,(H2,2,3). The summed E-state index contributed by atoms with van der Waals surface area (Å²) in [7, 11) is 0. The SMILES string of the molecule is CC(C)C.N#CC1CC(C(=O)Nc2ccccc2)CN1C(=O)C1CCCN1C(=O)Cc1cn[nH]c1.NC=O. The van der Waals surface area contributed by atoms with Crippen molar-refractivity contribution in [2.75, 3.05) is 18.4 Å². The number of benzene rings is 1. The number of nitrogens with two attached hydrogens (primary N) is 1. The second kappa shape index (κ2) is 15.1. The normalized spacial score (nSPS) is 19.9. The van der Waals surface area contributed by atoms with Crippen LogP contribution in [0.15, 0.2) is 42.7 Å². The van der Waals surface area contributed by atoms with Crippen molar-refractivity contribution in [3.8, 4) is 6.07 Å². The summed E-state index contributed by atoms with van der Waals surface area (Å²) < 4.78 is 0. The number of carbonyl (C=O) groups is 4. The number of H-pyrrole nitrogens is 1. The van der Waals surface area contributed by atoms with Crippen LogP contribution in [-0.4, -0.2) is 69.3 Å². The molecule has 4 rings (SSSR count). The third-order valence-electron chi connectivity index (χ3n) is 5.91. The molecule has 4 amide bonds. The molecule has 38 heavy (non-hydrogen) atoms. The second-order valence-corrected chi connectivity index (χ2v) is 9.82. The van der Waals surface area contributed by atoms with Gasteiger partial charge in [-0.2, -0.15) is 10.4 Å². The molecule has 3 atom stereocenters. The van der Waals surface area contributed by atoms with E-state index < -0.39 is 18.0 Å². The highest BCUT2D eigenvalue weighted by molar-refractivity contribution is 5.94. The lowest BCUT2D eigenvalue weighted by molar-refractivity contribution is -0.143. The highest BCUT2D eigenvalue weighted by atomic mass is 16.2. The number of carbonyl (C=O) groups excluding carboxylic acids is 4. The summed E-state index contributed by atoms with van der Waals surface area (Å²) >= 11 is 0. The lowest BCUT2D eigenvalue weighted by atomic mass is 10.1. The third-order valence-corrected chi connectivity index (χ3v) is 5.91. The van der Waals surface area contributed by atoms with E-state index in [0.29, 0.717) is 18.7 Å². The van der Waals surface area contributed by atoms with Crippen LogP contribution in [0.25, 0.3) is 0 Å². The molecule has 11 nitrogen and oxygen atoms in total. The number of para-hydroxylation sites is 1. The van der Waals surface area contributed by atoms with Gasteiger partial charge in [-0.25, -0.2) is 0 Å². The zero-order valence-electron chi connectivity index (χ0n) is 22.2. The predicted octanol–water partition coefficient (Wildman–Crippen LogP) is 2.09. The number of nitrogens with one attached hydrogen (secondary N) is 2. The van der Waals surface area contributed by atoms with E-state index in [1.807, 2.05) is 18.2 Å². The molecule has 2 saturated heterocycles. The summed E-state index contributed by atoms with van der Waals surface area (Å²) in [6, 6.07) is 9.99. The molecular formula is C27H37N7O4. The van der Waals surface area contributed by atoms with E-state index in [9.17, 15) is 19.6 Å². The van der Waals surface area contributed by atoms with Crippen molar-refractivity contribution in [2.45, 2.75) is 58.5 Å². The monoisotopic (exact) mass is 523 g/mol. The first-order valence-electron chi connectivity index (χ1n) is 12.7.